The van der Waals surface area contributed by atoms with Crippen LogP contribution >= 0.6 is 0 Å². The summed E-state index contributed by atoms with van der Waals surface area (Å²) in [5.74, 6) is -0.999. The topological polar surface area (TPSA) is 52.6 Å². The third-order valence-electron chi connectivity index (χ3n) is 4.96. The standard InChI is InChI=1S/C26H42O4/c1-23(2,3)21(24(4,5)6)29-19(27)17-15-13-14-16-18(17)20(28)30-22(25(7,8)9)26(10,11)12/h13-16,21-22H,1-12H3. The molecule has 0 atom stereocenters. The maximum atomic E-state index is 13.1. The van der Waals surface area contributed by atoms with Crippen molar-refractivity contribution < 1.29 is 19.1 Å². The number of carbonyl (C=O) groups is 2. The molecule has 0 spiro atoms. The highest BCUT2D eigenvalue weighted by Crippen LogP contribution is 2.38. The molecule has 0 saturated carbocycles. The molecule has 0 aromatic heterocycles. The van der Waals surface area contributed by atoms with Crippen LogP contribution in [0.15, 0.2) is 24.3 Å². The monoisotopic (exact) mass is 418 g/mol. The van der Waals surface area contributed by atoms with Gasteiger partial charge in [0.25, 0.3) is 0 Å². The SMILES string of the molecule is CC(C)(C)C(OC(=O)c1ccccc1C(=O)OC(C(C)(C)C)C(C)(C)C)C(C)(C)C. The van der Waals surface area contributed by atoms with E-state index in [4.69, 9.17) is 9.47 Å². The van der Waals surface area contributed by atoms with Gasteiger partial charge >= 0.3 is 11.9 Å². The van der Waals surface area contributed by atoms with Crippen molar-refractivity contribution in [3.05, 3.63) is 35.4 Å². The Morgan fingerprint density at radius 2 is 0.800 bits per heavy atom. The van der Waals surface area contributed by atoms with Crippen molar-refractivity contribution >= 4 is 11.9 Å². The Labute approximate surface area is 183 Å². The van der Waals surface area contributed by atoms with Gasteiger partial charge in [-0.25, -0.2) is 9.59 Å². The number of esters is 2. The third-order valence-corrected chi connectivity index (χ3v) is 4.96. The van der Waals surface area contributed by atoms with Crippen molar-refractivity contribution in [1.82, 2.24) is 0 Å². The summed E-state index contributed by atoms with van der Waals surface area (Å²) < 4.78 is 11.9. The summed E-state index contributed by atoms with van der Waals surface area (Å²) in [6, 6.07) is 6.73. The highest BCUT2D eigenvalue weighted by atomic mass is 16.6. The van der Waals surface area contributed by atoms with Gasteiger partial charge in [0.05, 0.1) is 11.1 Å². The van der Waals surface area contributed by atoms with Crippen LogP contribution in [0.2, 0.25) is 0 Å². The second-order valence-electron chi connectivity index (χ2n) is 12.6. The first-order chi connectivity index (χ1) is 13.3. The molecule has 0 N–H and O–H groups in total. The van der Waals surface area contributed by atoms with Gasteiger partial charge in [-0.15, -0.1) is 0 Å². The highest BCUT2D eigenvalue weighted by Gasteiger charge is 2.40. The van der Waals surface area contributed by atoms with Crippen molar-refractivity contribution in [2.45, 2.75) is 95.3 Å². The van der Waals surface area contributed by atoms with Gasteiger partial charge in [-0.05, 0) is 33.8 Å². The summed E-state index contributed by atoms with van der Waals surface area (Å²) in [6.07, 6.45) is -0.642. The Bertz CT molecular complexity index is 656. The molecule has 0 bridgehead atoms. The lowest BCUT2D eigenvalue weighted by Gasteiger charge is -2.40. The molecule has 0 fully saturated rings. The Morgan fingerprint density at radius 3 is 1.00 bits per heavy atom. The lowest BCUT2D eigenvalue weighted by atomic mass is 9.74. The molecule has 0 aliphatic carbocycles. The van der Waals surface area contributed by atoms with E-state index < -0.39 is 11.9 Å². The Hall–Kier alpha value is -1.84. The van der Waals surface area contributed by atoms with E-state index in [9.17, 15) is 9.59 Å². The Morgan fingerprint density at radius 1 is 0.567 bits per heavy atom. The first-order valence-corrected chi connectivity index (χ1v) is 10.8. The molecule has 0 unspecified atom stereocenters. The van der Waals surface area contributed by atoms with Crippen LogP contribution in [0.4, 0.5) is 0 Å². The molecule has 30 heavy (non-hydrogen) atoms. The van der Waals surface area contributed by atoms with Gasteiger partial charge in [0.15, 0.2) is 0 Å². The summed E-state index contributed by atoms with van der Waals surface area (Å²) in [4.78, 5) is 26.2. The number of benzene rings is 1. The number of hydrogen-bond acceptors (Lipinski definition) is 4. The lowest BCUT2D eigenvalue weighted by molar-refractivity contribution is -0.0542. The predicted octanol–water partition coefficient (Wildman–Crippen LogP) is 6.92. The molecular formula is C26H42O4. The number of rotatable bonds is 4. The zero-order chi connectivity index (χ0) is 23.7. The number of ether oxygens (including phenoxy) is 2. The van der Waals surface area contributed by atoms with E-state index in [1.165, 1.54) is 0 Å². The molecule has 170 valence electrons. The fourth-order valence-electron chi connectivity index (χ4n) is 4.49. The molecule has 0 amide bonds. The smallest absolute Gasteiger partial charge is 0.339 e. The predicted molar refractivity (Wildman–Crippen MR) is 123 cm³/mol. The van der Waals surface area contributed by atoms with Crippen molar-refractivity contribution in [2.75, 3.05) is 0 Å². The van der Waals surface area contributed by atoms with Crippen LogP contribution < -0.4 is 0 Å². The van der Waals surface area contributed by atoms with Gasteiger partial charge < -0.3 is 9.47 Å². The summed E-state index contributed by atoms with van der Waals surface area (Å²) >= 11 is 0. The van der Waals surface area contributed by atoms with Gasteiger partial charge in [0.2, 0.25) is 0 Å². The third kappa shape index (κ3) is 6.85. The molecule has 4 heteroatoms. The largest absolute Gasteiger partial charge is 0.458 e. The Balaban J connectivity index is 3.27. The average Bonchev–Trinajstić information content (AvgIpc) is 2.52. The summed E-state index contributed by atoms with van der Waals surface area (Å²) in [7, 11) is 0. The molecule has 0 heterocycles. The minimum absolute atomic E-state index is 0.238. The first kappa shape index (κ1) is 26.2. The van der Waals surface area contributed by atoms with E-state index in [1.807, 2.05) is 83.1 Å². The quantitative estimate of drug-likeness (QED) is 0.498. The van der Waals surface area contributed by atoms with Gasteiger partial charge in [0, 0.05) is 0 Å². The molecule has 0 saturated heterocycles. The molecule has 1 aromatic rings. The van der Waals surface area contributed by atoms with Crippen LogP contribution in [-0.4, -0.2) is 24.1 Å². The fourth-order valence-corrected chi connectivity index (χ4v) is 4.49. The van der Waals surface area contributed by atoms with Gasteiger partial charge in [0.1, 0.15) is 12.2 Å². The van der Waals surface area contributed by atoms with E-state index in [2.05, 4.69) is 0 Å². The summed E-state index contributed by atoms with van der Waals surface area (Å²) in [5, 5.41) is 0. The van der Waals surface area contributed by atoms with Crippen LogP contribution in [0.5, 0.6) is 0 Å². The highest BCUT2D eigenvalue weighted by molar-refractivity contribution is 6.03. The minimum Gasteiger partial charge on any atom is -0.458 e. The van der Waals surface area contributed by atoms with E-state index in [1.54, 1.807) is 24.3 Å². The maximum Gasteiger partial charge on any atom is 0.339 e. The van der Waals surface area contributed by atoms with E-state index in [0.29, 0.717) is 0 Å². The normalized spacial score (nSPS) is 13.5. The summed E-state index contributed by atoms with van der Waals surface area (Å²) in [5.41, 5.74) is -0.496. The zero-order valence-corrected chi connectivity index (χ0v) is 21.1. The molecule has 4 nitrogen and oxygen atoms in total. The molecule has 0 aliphatic rings. The van der Waals surface area contributed by atoms with Crippen LogP contribution in [0.1, 0.15) is 104 Å². The fraction of sp³-hybridized carbons (Fsp3) is 0.692. The summed E-state index contributed by atoms with van der Waals surface area (Å²) in [6.45, 7) is 24.6. The van der Waals surface area contributed by atoms with E-state index in [-0.39, 0.29) is 45.0 Å². The van der Waals surface area contributed by atoms with Crippen LogP contribution in [0.3, 0.4) is 0 Å². The minimum atomic E-state index is -0.500. The van der Waals surface area contributed by atoms with Crippen molar-refractivity contribution in [3.8, 4) is 0 Å². The number of carbonyl (C=O) groups excluding carboxylic acids is 2. The average molecular weight is 419 g/mol. The molecule has 1 rings (SSSR count). The van der Waals surface area contributed by atoms with Crippen molar-refractivity contribution in [1.29, 1.82) is 0 Å². The lowest BCUT2D eigenvalue weighted by Crippen LogP contribution is -2.43. The van der Waals surface area contributed by atoms with Gasteiger partial charge in [-0.1, -0.05) is 95.2 Å². The van der Waals surface area contributed by atoms with E-state index >= 15 is 0 Å². The van der Waals surface area contributed by atoms with Crippen LogP contribution in [-0.2, 0) is 9.47 Å². The maximum absolute atomic E-state index is 13.1. The van der Waals surface area contributed by atoms with Gasteiger partial charge in [-0.3, -0.25) is 0 Å². The molecule has 0 radical (unpaired) electrons. The zero-order valence-electron chi connectivity index (χ0n) is 21.1. The van der Waals surface area contributed by atoms with Crippen molar-refractivity contribution in [2.24, 2.45) is 21.7 Å². The second-order valence-corrected chi connectivity index (χ2v) is 12.6. The number of hydrogen-bond donors (Lipinski definition) is 0. The molecule has 0 aliphatic heterocycles. The van der Waals surface area contributed by atoms with Crippen molar-refractivity contribution in [3.63, 3.8) is 0 Å². The molecular weight excluding hydrogens is 376 g/mol. The first-order valence-electron chi connectivity index (χ1n) is 10.8. The van der Waals surface area contributed by atoms with E-state index in [0.717, 1.165) is 0 Å². The van der Waals surface area contributed by atoms with Gasteiger partial charge in [-0.2, -0.15) is 0 Å². The van der Waals surface area contributed by atoms with Crippen LogP contribution in [0, 0.1) is 21.7 Å². The second kappa shape index (κ2) is 8.72. The molecule has 1 aromatic carbocycles. The van der Waals surface area contributed by atoms with Crippen LogP contribution in [0.25, 0.3) is 0 Å². The Kier molecular flexibility index (Phi) is 7.62.